The number of pyridine rings is 1. The molecule has 124 valence electrons. The number of methoxy groups -OCH3 is 1. The van der Waals surface area contributed by atoms with Crippen LogP contribution in [0.1, 0.15) is 0 Å². The predicted octanol–water partition coefficient (Wildman–Crippen LogP) is 3.59. The number of rotatable bonds is 4. The van der Waals surface area contributed by atoms with Crippen molar-refractivity contribution >= 4 is 28.9 Å². The first-order valence-corrected chi connectivity index (χ1v) is 7.84. The van der Waals surface area contributed by atoms with Crippen LogP contribution >= 0.6 is 11.6 Å². The number of aromatic nitrogens is 5. The molecule has 0 saturated carbocycles. The van der Waals surface area contributed by atoms with E-state index in [1.807, 2.05) is 36.4 Å². The molecule has 0 fully saturated rings. The standard InChI is InChI=1S/C17H13ClN6O/c1-25-16-6-5-13(9-19-16)22-15-8-14(11-3-2-4-12(18)7-11)23-17-20-10-21-24(15)17/h2-10,22H,1H3. The zero-order valence-corrected chi connectivity index (χ0v) is 14.0. The monoisotopic (exact) mass is 352 g/mol. The van der Waals surface area contributed by atoms with E-state index in [4.69, 9.17) is 16.3 Å². The quantitative estimate of drug-likeness (QED) is 0.604. The Kier molecular flexibility index (Phi) is 3.91. The highest BCUT2D eigenvalue weighted by Crippen LogP contribution is 2.25. The molecule has 0 unspecified atom stereocenters. The van der Waals surface area contributed by atoms with Gasteiger partial charge < -0.3 is 10.1 Å². The molecule has 0 aliphatic carbocycles. The fourth-order valence-corrected chi connectivity index (χ4v) is 2.61. The topological polar surface area (TPSA) is 77.2 Å². The largest absolute Gasteiger partial charge is 0.481 e. The lowest BCUT2D eigenvalue weighted by molar-refractivity contribution is 0.398. The van der Waals surface area contributed by atoms with Gasteiger partial charge in [0, 0.05) is 22.7 Å². The van der Waals surface area contributed by atoms with Crippen LogP contribution in [0.5, 0.6) is 5.88 Å². The van der Waals surface area contributed by atoms with Crippen LogP contribution in [-0.4, -0.2) is 31.7 Å². The maximum Gasteiger partial charge on any atom is 0.254 e. The summed E-state index contributed by atoms with van der Waals surface area (Å²) in [5.74, 6) is 1.75. The molecule has 0 atom stereocenters. The van der Waals surface area contributed by atoms with E-state index in [0.717, 1.165) is 16.9 Å². The van der Waals surface area contributed by atoms with Crippen LogP contribution in [0.15, 0.2) is 55.0 Å². The van der Waals surface area contributed by atoms with E-state index in [-0.39, 0.29) is 0 Å². The number of fused-ring (bicyclic) bond motifs is 1. The fourth-order valence-electron chi connectivity index (χ4n) is 2.42. The first-order chi connectivity index (χ1) is 12.2. The molecule has 0 radical (unpaired) electrons. The molecule has 4 aromatic rings. The van der Waals surface area contributed by atoms with Crippen LogP contribution < -0.4 is 10.1 Å². The molecule has 0 aliphatic heterocycles. The molecule has 0 bridgehead atoms. The Balaban J connectivity index is 1.77. The van der Waals surface area contributed by atoms with Crippen molar-refractivity contribution in [1.29, 1.82) is 0 Å². The van der Waals surface area contributed by atoms with Crippen molar-refractivity contribution in [2.24, 2.45) is 0 Å². The second kappa shape index (κ2) is 6.37. The number of anilines is 2. The summed E-state index contributed by atoms with van der Waals surface area (Å²) in [4.78, 5) is 12.9. The van der Waals surface area contributed by atoms with Crippen molar-refractivity contribution in [3.63, 3.8) is 0 Å². The van der Waals surface area contributed by atoms with Crippen LogP contribution in [0.25, 0.3) is 17.0 Å². The van der Waals surface area contributed by atoms with Crippen molar-refractivity contribution in [3.05, 3.63) is 60.0 Å². The van der Waals surface area contributed by atoms with E-state index in [1.165, 1.54) is 6.33 Å². The molecular weight excluding hydrogens is 340 g/mol. The Hall–Kier alpha value is -3.19. The zero-order chi connectivity index (χ0) is 17.2. The molecular formula is C17H13ClN6O. The Morgan fingerprint density at radius 1 is 1.12 bits per heavy atom. The first kappa shape index (κ1) is 15.3. The van der Waals surface area contributed by atoms with E-state index in [0.29, 0.717) is 22.5 Å². The lowest BCUT2D eigenvalue weighted by Gasteiger charge is -2.10. The number of ether oxygens (including phenoxy) is 1. The van der Waals surface area contributed by atoms with Gasteiger partial charge in [0.15, 0.2) is 0 Å². The van der Waals surface area contributed by atoms with Gasteiger partial charge in [-0.1, -0.05) is 23.7 Å². The van der Waals surface area contributed by atoms with Gasteiger partial charge in [0.05, 0.1) is 24.7 Å². The second-order valence-corrected chi connectivity index (χ2v) is 5.66. The van der Waals surface area contributed by atoms with E-state index in [2.05, 4.69) is 25.4 Å². The Labute approximate surface area is 148 Å². The Morgan fingerprint density at radius 2 is 2.04 bits per heavy atom. The van der Waals surface area contributed by atoms with Gasteiger partial charge in [0.25, 0.3) is 5.78 Å². The van der Waals surface area contributed by atoms with Gasteiger partial charge in [-0.25, -0.2) is 9.97 Å². The number of halogens is 1. The summed E-state index contributed by atoms with van der Waals surface area (Å²) in [6.07, 6.45) is 3.14. The molecule has 25 heavy (non-hydrogen) atoms. The summed E-state index contributed by atoms with van der Waals surface area (Å²) in [5.41, 5.74) is 2.43. The number of hydrogen-bond acceptors (Lipinski definition) is 6. The molecule has 7 nitrogen and oxygen atoms in total. The molecule has 0 spiro atoms. The van der Waals surface area contributed by atoms with E-state index >= 15 is 0 Å². The van der Waals surface area contributed by atoms with Gasteiger partial charge in [-0.05, 0) is 18.2 Å². The zero-order valence-electron chi connectivity index (χ0n) is 13.2. The molecule has 8 heteroatoms. The molecule has 1 aromatic carbocycles. The SMILES string of the molecule is COc1ccc(Nc2cc(-c3cccc(Cl)c3)nc3ncnn23)cn1. The number of nitrogens with one attached hydrogen (secondary N) is 1. The lowest BCUT2D eigenvalue weighted by Crippen LogP contribution is -2.03. The van der Waals surface area contributed by atoms with Gasteiger partial charge >= 0.3 is 0 Å². The van der Waals surface area contributed by atoms with Gasteiger partial charge in [0.1, 0.15) is 12.1 Å². The number of hydrogen-bond donors (Lipinski definition) is 1. The lowest BCUT2D eigenvalue weighted by atomic mass is 10.1. The molecule has 0 saturated heterocycles. The van der Waals surface area contributed by atoms with Gasteiger partial charge in [-0.15, -0.1) is 0 Å². The average molecular weight is 353 g/mol. The van der Waals surface area contributed by atoms with Crippen LogP contribution in [0.4, 0.5) is 11.5 Å². The number of benzene rings is 1. The normalized spacial score (nSPS) is 10.8. The maximum atomic E-state index is 6.09. The van der Waals surface area contributed by atoms with Crippen LogP contribution in [-0.2, 0) is 0 Å². The molecule has 3 heterocycles. The van der Waals surface area contributed by atoms with Crippen LogP contribution in [0, 0.1) is 0 Å². The summed E-state index contributed by atoms with van der Waals surface area (Å²) >= 11 is 6.09. The van der Waals surface area contributed by atoms with Gasteiger partial charge in [-0.3, -0.25) is 0 Å². The first-order valence-electron chi connectivity index (χ1n) is 7.47. The van der Waals surface area contributed by atoms with Crippen molar-refractivity contribution in [3.8, 4) is 17.1 Å². The predicted molar refractivity (Wildman–Crippen MR) is 95.3 cm³/mol. The highest BCUT2D eigenvalue weighted by atomic mass is 35.5. The van der Waals surface area contributed by atoms with E-state index in [1.54, 1.807) is 23.9 Å². The highest BCUT2D eigenvalue weighted by Gasteiger charge is 2.10. The smallest absolute Gasteiger partial charge is 0.254 e. The molecule has 0 aliphatic rings. The molecule has 3 aromatic heterocycles. The highest BCUT2D eigenvalue weighted by molar-refractivity contribution is 6.30. The summed E-state index contributed by atoms with van der Waals surface area (Å²) in [5, 5.41) is 8.14. The third-order valence-electron chi connectivity index (χ3n) is 3.59. The number of nitrogens with zero attached hydrogens (tertiary/aromatic N) is 5. The van der Waals surface area contributed by atoms with Crippen LogP contribution in [0.3, 0.4) is 0 Å². The van der Waals surface area contributed by atoms with Crippen molar-refractivity contribution in [2.75, 3.05) is 12.4 Å². The minimum Gasteiger partial charge on any atom is -0.481 e. The minimum atomic E-state index is 0.487. The van der Waals surface area contributed by atoms with Gasteiger partial charge in [0.2, 0.25) is 5.88 Å². The summed E-state index contributed by atoms with van der Waals surface area (Å²) in [7, 11) is 1.58. The van der Waals surface area contributed by atoms with Crippen molar-refractivity contribution < 1.29 is 4.74 Å². The summed E-state index contributed by atoms with van der Waals surface area (Å²) in [6, 6.07) is 13.0. The minimum absolute atomic E-state index is 0.487. The van der Waals surface area contributed by atoms with Crippen molar-refractivity contribution in [2.45, 2.75) is 0 Å². The van der Waals surface area contributed by atoms with E-state index in [9.17, 15) is 0 Å². The molecule has 1 N–H and O–H groups in total. The van der Waals surface area contributed by atoms with Gasteiger partial charge in [-0.2, -0.15) is 14.6 Å². The third-order valence-corrected chi connectivity index (χ3v) is 3.83. The molecule has 4 rings (SSSR count). The van der Waals surface area contributed by atoms with Crippen molar-refractivity contribution in [1.82, 2.24) is 24.6 Å². The summed E-state index contributed by atoms with van der Waals surface area (Å²) in [6.45, 7) is 0. The second-order valence-electron chi connectivity index (χ2n) is 5.22. The molecule has 0 amide bonds. The fraction of sp³-hybridized carbons (Fsp3) is 0.0588. The third kappa shape index (κ3) is 3.09. The Bertz CT molecular complexity index is 1030. The summed E-state index contributed by atoms with van der Waals surface area (Å²) < 4.78 is 6.70. The maximum absolute atomic E-state index is 6.09. The average Bonchev–Trinajstić information content (AvgIpc) is 3.11. The van der Waals surface area contributed by atoms with E-state index < -0.39 is 0 Å². The Morgan fingerprint density at radius 3 is 2.80 bits per heavy atom. The van der Waals surface area contributed by atoms with Crippen LogP contribution in [0.2, 0.25) is 5.02 Å².